The summed E-state index contributed by atoms with van der Waals surface area (Å²) in [6.07, 6.45) is 4.20. The Hall–Kier alpha value is -0.0900. The number of sulfone groups is 1. The lowest BCUT2D eigenvalue weighted by molar-refractivity contribution is 0.285. The van der Waals surface area contributed by atoms with E-state index in [0.717, 1.165) is 25.8 Å². The molecule has 0 aromatic heterocycles. The van der Waals surface area contributed by atoms with Gasteiger partial charge in [0.25, 0.3) is 0 Å². The van der Waals surface area contributed by atoms with Crippen LogP contribution in [-0.4, -0.2) is 32.5 Å². The second kappa shape index (κ2) is 4.42. The first-order chi connectivity index (χ1) is 6.79. The largest absolute Gasteiger partial charge is 0.312 e. The normalized spacial score (nSPS) is 30.7. The summed E-state index contributed by atoms with van der Waals surface area (Å²) in [5.74, 6) is 0. The van der Waals surface area contributed by atoms with E-state index in [0.29, 0.717) is 0 Å². The molecule has 90 valence electrons. The molecule has 0 aromatic carbocycles. The van der Waals surface area contributed by atoms with Gasteiger partial charge in [0.15, 0.2) is 9.84 Å². The Kier molecular flexibility index (Phi) is 3.82. The van der Waals surface area contributed by atoms with Gasteiger partial charge in [0.05, 0.1) is 5.25 Å². The summed E-state index contributed by atoms with van der Waals surface area (Å²) < 4.78 is 23.3. The molecule has 0 aromatic rings. The van der Waals surface area contributed by atoms with Crippen LogP contribution in [0.4, 0.5) is 0 Å². The van der Waals surface area contributed by atoms with Crippen LogP contribution in [0.15, 0.2) is 0 Å². The van der Waals surface area contributed by atoms with Gasteiger partial charge in [0.1, 0.15) is 0 Å². The minimum atomic E-state index is -2.92. The Morgan fingerprint density at radius 3 is 2.47 bits per heavy atom. The second-order valence-corrected chi connectivity index (χ2v) is 7.59. The molecule has 0 spiro atoms. The quantitative estimate of drug-likeness (QED) is 0.802. The van der Waals surface area contributed by atoms with Crippen LogP contribution in [-0.2, 0) is 9.84 Å². The lowest BCUT2D eigenvalue weighted by Crippen LogP contribution is -2.47. The van der Waals surface area contributed by atoms with E-state index in [9.17, 15) is 8.42 Å². The molecule has 0 saturated heterocycles. The molecule has 0 radical (unpaired) electrons. The maximum atomic E-state index is 11.7. The fourth-order valence-electron chi connectivity index (χ4n) is 2.51. The van der Waals surface area contributed by atoms with E-state index < -0.39 is 9.84 Å². The summed E-state index contributed by atoms with van der Waals surface area (Å²) in [6.45, 7) is 7.32. The van der Waals surface area contributed by atoms with Gasteiger partial charge in [-0.25, -0.2) is 8.42 Å². The highest BCUT2D eigenvalue weighted by Crippen LogP contribution is 2.40. The average molecular weight is 233 g/mol. The molecule has 15 heavy (non-hydrogen) atoms. The van der Waals surface area contributed by atoms with Gasteiger partial charge >= 0.3 is 0 Å². The van der Waals surface area contributed by atoms with Crippen molar-refractivity contribution in [1.29, 1.82) is 0 Å². The maximum absolute atomic E-state index is 11.7. The van der Waals surface area contributed by atoms with Crippen LogP contribution >= 0.6 is 0 Å². The third-order valence-corrected chi connectivity index (χ3v) is 5.06. The van der Waals surface area contributed by atoms with Crippen LogP contribution < -0.4 is 5.32 Å². The molecule has 1 aliphatic carbocycles. The van der Waals surface area contributed by atoms with E-state index in [1.54, 1.807) is 0 Å². The fraction of sp³-hybridized carbons (Fsp3) is 1.00. The van der Waals surface area contributed by atoms with E-state index in [2.05, 4.69) is 26.1 Å². The van der Waals surface area contributed by atoms with Crippen LogP contribution in [0.3, 0.4) is 0 Å². The molecule has 1 N–H and O–H groups in total. The highest BCUT2D eigenvalue weighted by molar-refractivity contribution is 7.91. The van der Waals surface area contributed by atoms with E-state index in [4.69, 9.17) is 0 Å². The van der Waals surface area contributed by atoms with Gasteiger partial charge in [-0.2, -0.15) is 0 Å². The van der Waals surface area contributed by atoms with Gasteiger partial charge in [-0.1, -0.05) is 20.8 Å². The molecule has 0 bridgehead atoms. The second-order valence-electron chi connectivity index (χ2n) is 5.33. The average Bonchev–Trinajstić information content (AvgIpc) is 2.37. The van der Waals surface area contributed by atoms with Crippen LogP contribution in [0.5, 0.6) is 0 Å². The lowest BCUT2D eigenvalue weighted by Gasteiger charge is -2.31. The smallest absolute Gasteiger partial charge is 0.151 e. The summed E-state index contributed by atoms with van der Waals surface area (Å²) >= 11 is 0. The zero-order chi connectivity index (χ0) is 11.7. The summed E-state index contributed by atoms with van der Waals surface area (Å²) in [4.78, 5) is 0. The predicted molar refractivity (Wildman–Crippen MR) is 63.7 cm³/mol. The molecule has 0 amide bonds. The monoisotopic (exact) mass is 233 g/mol. The highest BCUT2D eigenvalue weighted by Gasteiger charge is 2.45. The molecular weight excluding hydrogens is 210 g/mol. The third kappa shape index (κ3) is 2.94. The number of hydrogen-bond donors (Lipinski definition) is 1. The van der Waals surface area contributed by atoms with Crippen molar-refractivity contribution in [3.8, 4) is 0 Å². The molecule has 0 aliphatic heterocycles. The van der Waals surface area contributed by atoms with Crippen molar-refractivity contribution in [3.63, 3.8) is 0 Å². The minimum absolute atomic E-state index is 0.100. The van der Waals surface area contributed by atoms with E-state index in [-0.39, 0.29) is 16.7 Å². The molecule has 2 atom stereocenters. The van der Waals surface area contributed by atoms with Crippen molar-refractivity contribution in [2.75, 3.05) is 12.8 Å². The molecule has 4 heteroatoms. The first kappa shape index (κ1) is 13.0. The summed E-state index contributed by atoms with van der Waals surface area (Å²) in [5.41, 5.74) is 0.100. The molecule has 2 unspecified atom stereocenters. The lowest BCUT2D eigenvalue weighted by atomic mass is 9.87. The Labute approximate surface area is 93.6 Å². The third-order valence-electron chi connectivity index (χ3n) is 3.45. The fourth-order valence-corrected chi connectivity index (χ4v) is 4.01. The SMILES string of the molecule is CCCNC1C(S(C)(=O)=O)CCC1(C)C. The molecule has 1 fully saturated rings. The van der Waals surface area contributed by atoms with Gasteiger partial charge in [-0.3, -0.25) is 0 Å². The minimum Gasteiger partial charge on any atom is -0.312 e. The molecule has 1 aliphatic rings. The standard InChI is InChI=1S/C11H23NO2S/c1-5-8-12-10-9(15(4,13)14)6-7-11(10,2)3/h9-10,12H,5-8H2,1-4H3. The molecule has 1 rings (SSSR count). The van der Waals surface area contributed by atoms with Gasteiger partial charge in [0.2, 0.25) is 0 Å². The summed E-state index contributed by atoms with van der Waals surface area (Å²) in [7, 11) is -2.92. The Morgan fingerprint density at radius 1 is 1.40 bits per heavy atom. The van der Waals surface area contributed by atoms with E-state index in [1.807, 2.05) is 0 Å². The van der Waals surface area contributed by atoms with Gasteiger partial charge in [-0.05, 0) is 31.2 Å². The zero-order valence-corrected chi connectivity index (χ0v) is 11.0. The van der Waals surface area contributed by atoms with Gasteiger partial charge < -0.3 is 5.32 Å². The van der Waals surface area contributed by atoms with Crippen molar-refractivity contribution in [1.82, 2.24) is 5.32 Å². The van der Waals surface area contributed by atoms with Crippen LogP contribution in [0.1, 0.15) is 40.0 Å². The summed E-state index contributed by atoms with van der Waals surface area (Å²) in [5, 5.41) is 3.20. The number of rotatable bonds is 4. The van der Waals surface area contributed by atoms with Crippen molar-refractivity contribution >= 4 is 9.84 Å². The van der Waals surface area contributed by atoms with Gasteiger partial charge in [-0.15, -0.1) is 0 Å². The maximum Gasteiger partial charge on any atom is 0.151 e. The Balaban J connectivity index is 2.82. The van der Waals surface area contributed by atoms with E-state index >= 15 is 0 Å². The summed E-state index contributed by atoms with van der Waals surface area (Å²) in [6, 6.07) is 0.118. The molecule has 1 saturated carbocycles. The molecule has 3 nitrogen and oxygen atoms in total. The van der Waals surface area contributed by atoms with Crippen molar-refractivity contribution in [2.24, 2.45) is 5.41 Å². The van der Waals surface area contributed by atoms with Crippen molar-refractivity contribution < 1.29 is 8.42 Å². The Bertz CT molecular complexity index is 309. The highest BCUT2D eigenvalue weighted by atomic mass is 32.2. The predicted octanol–water partition coefficient (Wildman–Crippen LogP) is 1.59. The van der Waals surface area contributed by atoms with Crippen molar-refractivity contribution in [3.05, 3.63) is 0 Å². The molecule has 0 heterocycles. The number of hydrogen-bond acceptors (Lipinski definition) is 3. The zero-order valence-electron chi connectivity index (χ0n) is 10.2. The van der Waals surface area contributed by atoms with Crippen LogP contribution in [0.25, 0.3) is 0 Å². The van der Waals surface area contributed by atoms with Crippen LogP contribution in [0.2, 0.25) is 0 Å². The first-order valence-corrected chi connectivity index (χ1v) is 7.66. The van der Waals surface area contributed by atoms with Crippen molar-refractivity contribution in [2.45, 2.75) is 51.3 Å². The Morgan fingerprint density at radius 2 is 2.00 bits per heavy atom. The van der Waals surface area contributed by atoms with Crippen LogP contribution in [0, 0.1) is 5.41 Å². The number of nitrogens with one attached hydrogen (secondary N) is 1. The topological polar surface area (TPSA) is 46.2 Å². The first-order valence-electron chi connectivity index (χ1n) is 5.71. The van der Waals surface area contributed by atoms with E-state index in [1.165, 1.54) is 6.26 Å². The molecular formula is C11H23NO2S. The van der Waals surface area contributed by atoms with Gasteiger partial charge in [0, 0.05) is 12.3 Å².